The minimum absolute atomic E-state index is 0.00399. The quantitative estimate of drug-likeness (QED) is 0.668. The molecule has 0 aliphatic carbocycles. The van der Waals surface area contributed by atoms with Gasteiger partial charge in [-0.05, 0) is 37.3 Å². The van der Waals surface area contributed by atoms with Crippen LogP contribution in [0.4, 0.5) is 0 Å². The predicted molar refractivity (Wildman–Crippen MR) is 102 cm³/mol. The van der Waals surface area contributed by atoms with Crippen molar-refractivity contribution in [1.82, 2.24) is 15.5 Å². The van der Waals surface area contributed by atoms with E-state index in [2.05, 4.69) is 10.6 Å². The molecule has 0 unspecified atom stereocenters. The fraction of sp³-hybridized carbons (Fsp3) is 0.550. The van der Waals surface area contributed by atoms with Crippen molar-refractivity contribution in [2.45, 2.75) is 32.2 Å². The van der Waals surface area contributed by atoms with E-state index in [-0.39, 0.29) is 23.6 Å². The lowest BCUT2D eigenvalue weighted by atomic mass is 9.88. The number of piperidine rings is 1. The van der Waals surface area contributed by atoms with Crippen LogP contribution < -0.4 is 10.6 Å². The molecule has 0 radical (unpaired) electrons. The molecule has 1 aliphatic heterocycles. The minimum Gasteiger partial charge on any atom is -0.385 e. The van der Waals surface area contributed by atoms with E-state index in [4.69, 9.17) is 4.74 Å². The van der Waals surface area contributed by atoms with Gasteiger partial charge in [0.25, 0.3) is 5.91 Å². The summed E-state index contributed by atoms with van der Waals surface area (Å²) in [5.41, 5.74) is 0.524. The molecule has 0 saturated carbocycles. The second-order valence-corrected chi connectivity index (χ2v) is 6.80. The number of nitrogens with zero attached hydrogens (tertiary/aromatic N) is 1. The number of carbonyl (C=O) groups is 3. The molecule has 1 aromatic rings. The molecule has 1 saturated heterocycles. The third kappa shape index (κ3) is 6.36. The third-order valence-corrected chi connectivity index (χ3v) is 4.89. The average Bonchev–Trinajstić information content (AvgIpc) is 2.69. The molecule has 27 heavy (non-hydrogen) atoms. The van der Waals surface area contributed by atoms with Gasteiger partial charge in [0, 0.05) is 45.8 Å². The van der Waals surface area contributed by atoms with Gasteiger partial charge in [0.2, 0.25) is 11.8 Å². The van der Waals surface area contributed by atoms with Gasteiger partial charge in [-0.25, -0.2) is 0 Å². The summed E-state index contributed by atoms with van der Waals surface area (Å²) in [5, 5.41) is 5.79. The number of amides is 3. The smallest absolute Gasteiger partial charge is 0.251 e. The van der Waals surface area contributed by atoms with Crippen LogP contribution in [0.25, 0.3) is 0 Å². The Labute approximate surface area is 160 Å². The van der Waals surface area contributed by atoms with E-state index < -0.39 is 6.04 Å². The topological polar surface area (TPSA) is 87.7 Å². The highest BCUT2D eigenvalue weighted by Gasteiger charge is 2.33. The van der Waals surface area contributed by atoms with Gasteiger partial charge < -0.3 is 20.3 Å². The van der Waals surface area contributed by atoms with Crippen LogP contribution in [-0.4, -0.2) is 62.0 Å². The molecule has 2 rings (SSSR count). The maximum atomic E-state index is 12.7. The van der Waals surface area contributed by atoms with Crippen LogP contribution in [0.15, 0.2) is 30.3 Å². The molecule has 1 aliphatic rings. The van der Waals surface area contributed by atoms with Crippen LogP contribution in [0.3, 0.4) is 0 Å². The van der Waals surface area contributed by atoms with Crippen LogP contribution >= 0.6 is 0 Å². The van der Waals surface area contributed by atoms with Gasteiger partial charge in [-0.2, -0.15) is 0 Å². The van der Waals surface area contributed by atoms with E-state index in [1.54, 1.807) is 43.2 Å². The van der Waals surface area contributed by atoms with E-state index >= 15 is 0 Å². The normalized spacial score (nSPS) is 15.9. The van der Waals surface area contributed by atoms with E-state index in [0.717, 1.165) is 0 Å². The second-order valence-electron chi connectivity index (χ2n) is 6.80. The Kier molecular flexibility index (Phi) is 8.26. The zero-order valence-electron chi connectivity index (χ0n) is 16.1. The Balaban J connectivity index is 2.02. The molecule has 2 N–H and O–H groups in total. The number of carbonyl (C=O) groups excluding carboxylic acids is 3. The molecule has 3 amide bonds. The average molecular weight is 375 g/mol. The lowest BCUT2D eigenvalue weighted by Crippen LogP contribution is -2.53. The standard InChI is InChI=1S/C20H29N3O4/c1-15(24)23-12-9-16(10-13-23)18(20(26)21-11-6-14-27-2)22-19(25)17-7-4-3-5-8-17/h3-5,7-8,16,18H,6,9-14H2,1-2H3,(H,21,26)(H,22,25)/t18-/m1/s1. The van der Waals surface area contributed by atoms with Gasteiger partial charge in [-0.1, -0.05) is 18.2 Å². The molecule has 1 fully saturated rings. The lowest BCUT2D eigenvalue weighted by Gasteiger charge is -2.35. The summed E-state index contributed by atoms with van der Waals surface area (Å²) in [6.45, 7) is 3.83. The summed E-state index contributed by atoms with van der Waals surface area (Å²) in [6, 6.07) is 8.26. The van der Waals surface area contributed by atoms with E-state index in [9.17, 15) is 14.4 Å². The molecular formula is C20H29N3O4. The molecule has 0 bridgehead atoms. The van der Waals surface area contributed by atoms with Crippen LogP contribution in [0.2, 0.25) is 0 Å². The van der Waals surface area contributed by atoms with Gasteiger partial charge in [0.05, 0.1) is 0 Å². The summed E-state index contributed by atoms with van der Waals surface area (Å²) in [6.07, 6.45) is 2.08. The van der Waals surface area contributed by atoms with Crippen LogP contribution in [0.1, 0.15) is 36.5 Å². The van der Waals surface area contributed by atoms with Gasteiger partial charge in [-0.3, -0.25) is 14.4 Å². The number of hydrogen-bond donors (Lipinski definition) is 2. The molecule has 0 aromatic heterocycles. The van der Waals surface area contributed by atoms with Gasteiger partial charge in [-0.15, -0.1) is 0 Å². The van der Waals surface area contributed by atoms with Crippen molar-refractivity contribution in [2.75, 3.05) is 33.4 Å². The summed E-state index contributed by atoms with van der Waals surface area (Å²) in [7, 11) is 1.62. The Morgan fingerprint density at radius 2 is 1.85 bits per heavy atom. The van der Waals surface area contributed by atoms with Crippen molar-refractivity contribution in [3.05, 3.63) is 35.9 Å². The van der Waals surface area contributed by atoms with Crippen LogP contribution in [0.5, 0.6) is 0 Å². The molecule has 7 heteroatoms. The first kappa shape index (κ1) is 20.9. The van der Waals surface area contributed by atoms with Crippen LogP contribution in [0, 0.1) is 5.92 Å². The van der Waals surface area contributed by atoms with Crippen molar-refractivity contribution in [3.8, 4) is 0 Å². The van der Waals surface area contributed by atoms with Gasteiger partial charge >= 0.3 is 0 Å². The molecule has 148 valence electrons. The number of rotatable bonds is 8. The number of ether oxygens (including phenoxy) is 1. The largest absolute Gasteiger partial charge is 0.385 e. The summed E-state index contributed by atoms with van der Waals surface area (Å²) in [4.78, 5) is 38.6. The van der Waals surface area contributed by atoms with Gasteiger partial charge in [0.1, 0.15) is 6.04 Å². The maximum Gasteiger partial charge on any atom is 0.251 e. The first-order chi connectivity index (χ1) is 13.0. The Morgan fingerprint density at radius 1 is 1.19 bits per heavy atom. The Bertz CT molecular complexity index is 627. The van der Waals surface area contributed by atoms with Crippen molar-refractivity contribution in [2.24, 2.45) is 5.92 Å². The zero-order chi connectivity index (χ0) is 19.6. The highest BCUT2D eigenvalue weighted by Crippen LogP contribution is 2.21. The zero-order valence-corrected chi connectivity index (χ0v) is 16.1. The molecule has 1 atom stereocenters. The fourth-order valence-corrected chi connectivity index (χ4v) is 3.30. The number of nitrogens with one attached hydrogen (secondary N) is 2. The highest BCUT2D eigenvalue weighted by atomic mass is 16.5. The van der Waals surface area contributed by atoms with E-state index in [1.165, 1.54) is 0 Å². The number of benzene rings is 1. The van der Waals surface area contributed by atoms with Crippen molar-refractivity contribution in [1.29, 1.82) is 0 Å². The molecule has 0 spiro atoms. The summed E-state index contributed by atoms with van der Waals surface area (Å²) in [5.74, 6) is -0.406. The van der Waals surface area contributed by atoms with E-state index in [1.807, 2.05) is 6.07 Å². The fourth-order valence-electron chi connectivity index (χ4n) is 3.30. The van der Waals surface area contributed by atoms with Crippen molar-refractivity contribution >= 4 is 17.7 Å². The third-order valence-electron chi connectivity index (χ3n) is 4.89. The molecule has 1 aromatic carbocycles. The highest BCUT2D eigenvalue weighted by molar-refractivity contribution is 5.97. The van der Waals surface area contributed by atoms with Crippen molar-refractivity contribution < 1.29 is 19.1 Å². The summed E-state index contributed by atoms with van der Waals surface area (Å²) >= 11 is 0. The molecular weight excluding hydrogens is 346 g/mol. The molecule has 7 nitrogen and oxygen atoms in total. The number of likely N-dealkylation sites (tertiary alicyclic amines) is 1. The Morgan fingerprint density at radius 3 is 2.44 bits per heavy atom. The SMILES string of the molecule is COCCCNC(=O)[C@H](NC(=O)c1ccccc1)C1CCN(C(C)=O)CC1. The predicted octanol–water partition coefficient (Wildman–Crippen LogP) is 1.20. The van der Waals surface area contributed by atoms with Gasteiger partial charge in [0.15, 0.2) is 0 Å². The summed E-state index contributed by atoms with van der Waals surface area (Å²) < 4.78 is 5.00. The number of hydrogen-bond acceptors (Lipinski definition) is 4. The first-order valence-corrected chi connectivity index (χ1v) is 9.41. The second kappa shape index (κ2) is 10.7. The maximum absolute atomic E-state index is 12.7. The monoisotopic (exact) mass is 375 g/mol. The molecule has 1 heterocycles. The minimum atomic E-state index is -0.616. The Hall–Kier alpha value is -2.41. The first-order valence-electron chi connectivity index (χ1n) is 9.41. The van der Waals surface area contributed by atoms with Crippen LogP contribution in [-0.2, 0) is 14.3 Å². The number of methoxy groups -OCH3 is 1. The lowest BCUT2D eigenvalue weighted by molar-refractivity contribution is -0.130. The van der Waals surface area contributed by atoms with Crippen molar-refractivity contribution in [3.63, 3.8) is 0 Å². The van der Waals surface area contributed by atoms with E-state index in [0.29, 0.717) is 51.1 Å².